The van der Waals surface area contributed by atoms with Crippen molar-refractivity contribution >= 4 is 5.91 Å². The maximum absolute atomic E-state index is 11.9. The first-order valence-electron chi connectivity index (χ1n) is 5.70. The second-order valence-electron chi connectivity index (χ2n) is 4.20. The van der Waals surface area contributed by atoms with Crippen LogP contribution in [0.25, 0.3) is 0 Å². The van der Waals surface area contributed by atoms with Gasteiger partial charge in [-0.25, -0.2) is 0 Å². The summed E-state index contributed by atoms with van der Waals surface area (Å²) in [6, 6.07) is 4.25. The van der Waals surface area contributed by atoms with Crippen molar-refractivity contribution in [3.8, 4) is 11.5 Å². The lowest BCUT2D eigenvalue weighted by Gasteiger charge is -2.23. The van der Waals surface area contributed by atoms with Gasteiger partial charge in [0.15, 0.2) is 11.5 Å². The number of phenolic OH excluding ortho intramolecular Hbond substituents is 2. The van der Waals surface area contributed by atoms with Crippen molar-refractivity contribution < 1.29 is 15.0 Å². The molecule has 0 bridgehead atoms. The van der Waals surface area contributed by atoms with Crippen LogP contribution < -0.4 is 10.6 Å². The van der Waals surface area contributed by atoms with Crippen molar-refractivity contribution in [1.29, 1.82) is 0 Å². The van der Waals surface area contributed by atoms with E-state index in [0.29, 0.717) is 5.56 Å². The molecule has 1 aliphatic heterocycles. The number of hydrogen-bond acceptors (Lipinski definition) is 4. The number of hydrogen-bond donors (Lipinski definition) is 4. The molecule has 4 N–H and O–H groups in total. The van der Waals surface area contributed by atoms with Crippen LogP contribution in [0.3, 0.4) is 0 Å². The Morgan fingerprint density at radius 1 is 1.24 bits per heavy atom. The van der Waals surface area contributed by atoms with Gasteiger partial charge in [0, 0.05) is 11.6 Å². The molecule has 1 saturated heterocycles. The second-order valence-corrected chi connectivity index (χ2v) is 4.20. The van der Waals surface area contributed by atoms with Crippen molar-refractivity contribution in [2.75, 3.05) is 13.1 Å². The minimum atomic E-state index is -0.275. The number of benzene rings is 1. The molecule has 0 unspecified atom stereocenters. The summed E-state index contributed by atoms with van der Waals surface area (Å²) in [6.07, 6.45) is 1.83. The second kappa shape index (κ2) is 5.05. The first kappa shape index (κ1) is 11.7. The van der Waals surface area contributed by atoms with Gasteiger partial charge in [-0.3, -0.25) is 4.79 Å². The van der Waals surface area contributed by atoms with E-state index in [1.165, 1.54) is 18.2 Å². The summed E-state index contributed by atoms with van der Waals surface area (Å²) in [5, 5.41) is 24.6. The summed E-state index contributed by atoms with van der Waals surface area (Å²) in [7, 11) is 0. The highest BCUT2D eigenvalue weighted by Gasteiger charge is 2.16. The number of nitrogens with one attached hydrogen (secondary N) is 2. The molecule has 5 heteroatoms. The molecule has 1 aliphatic rings. The molecule has 1 fully saturated rings. The number of piperidine rings is 1. The van der Waals surface area contributed by atoms with E-state index in [1.807, 2.05) is 0 Å². The molecular formula is C12H16N2O3. The number of carbonyl (C=O) groups is 1. The first-order valence-corrected chi connectivity index (χ1v) is 5.70. The Bertz CT molecular complexity index is 414. The highest BCUT2D eigenvalue weighted by Crippen LogP contribution is 2.24. The minimum absolute atomic E-state index is 0.180. The van der Waals surface area contributed by atoms with Gasteiger partial charge in [-0.15, -0.1) is 0 Å². The lowest BCUT2D eigenvalue weighted by molar-refractivity contribution is 0.0929. The van der Waals surface area contributed by atoms with E-state index in [9.17, 15) is 9.90 Å². The van der Waals surface area contributed by atoms with Crippen LogP contribution in [0.1, 0.15) is 23.2 Å². The predicted molar refractivity (Wildman–Crippen MR) is 63.1 cm³/mol. The lowest BCUT2D eigenvalue weighted by Crippen LogP contribution is -2.42. The van der Waals surface area contributed by atoms with Crippen molar-refractivity contribution in [2.24, 2.45) is 0 Å². The number of rotatable bonds is 2. The zero-order valence-electron chi connectivity index (χ0n) is 9.44. The Kier molecular flexibility index (Phi) is 3.49. The summed E-state index contributed by atoms with van der Waals surface area (Å²) in [5.74, 6) is -0.710. The van der Waals surface area contributed by atoms with Gasteiger partial charge in [-0.05, 0) is 44.1 Å². The van der Waals surface area contributed by atoms with Gasteiger partial charge in [0.2, 0.25) is 0 Å². The third-order valence-corrected chi connectivity index (χ3v) is 2.91. The fourth-order valence-electron chi connectivity index (χ4n) is 1.90. The van der Waals surface area contributed by atoms with Crippen molar-refractivity contribution in [2.45, 2.75) is 18.9 Å². The number of amides is 1. The molecule has 0 atom stereocenters. The lowest BCUT2D eigenvalue weighted by atomic mass is 10.1. The monoisotopic (exact) mass is 236 g/mol. The topological polar surface area (TPSA) is 81.6 Å². The third kappa shape index (κ3) is 2.88. The fourth-order valence-corrected chi connectivity index (χ4v) is 1.90. The van der Waals surface area contributed by atoms with Gasteiger partial charge in [-0.2, -0.15) is 0 Å². The van der Waals surface area contributed by atoms with Crippen LogP contribution in [-0.2, 0) is 0 Å². The molecule has 0 saturated carbocycles. The summed E-state index contributed by atoms with van der Waals surface area (Å²) in [4.78, 5) is 11.9. The van der Waals surface area contributed by atoms with Gasteiger partial charge in [0.1, 0.15) is 0 Å². The SMILES string of the molecule is O=C(NC1CCNCC1)c1ccc(O)c(O)c1. The largest absolute Gasteiger partial charge is 0.504 e. The minimum Gasteiger partial charge on any atom is -0.504 e. The molecule has 1 aromatic rings. The van der Waals surface area contributed by atoms with Crippen molar-refractivity contribution in [3.63, 3.8) is 0 Å². The van der Waals surface area contributed by atoms with Crippen molar-refractivity contribution in [3.05, 3.63) is 23.8 Å². The average molecular weight is 236 g/mol. The highest BCUT2D eigenvalue weighted by atomic mass is 16.3. The Morgan fingerprint density at radius 2 is 1.94 bits per heavy atom. The van der Waals surface area contributed by atoms with Gasteiger partial charge in [0.05, 0.1) is 0 Å². The fraction of sp³-hybridized carbons (Fsp3) is 0.417. The van der Waals surface area contributed by atoms with Gasteiger partial charge < -0.3 is 20.8 Å². The van der Waals surface area contributed by atoms with E-state index in [2.05, 4.69) is 10.6 Å². The third-order valence-electron chi connectivity index (χ3n) is 2.91. The maximum Gasteiger partial charge on any atom is 0.251 e. The molecule has 5 nitrogen and oxygen atoms in total. The van der Waals surface area contributed by atoms with Crippen LogP contribution in [-0.4, -0.2) is 35.3 Å². The Labute approximate surface area is 99.5 Å². The van der Waals surface area contributed by atoms with E-state index < -0.39 is 0 Å². The van der Waals surface area contributed by atoms with Crippen LogP contribution in [0.15, 0.2) is 18.2 Å². The van der Waals surface area contributed by atoms with E-state index >= 15 is 0 Å². The van der Waals surface area contributed by atoms with E-state index in [0.717, 1.165) is 25.9 Å². The van der Waals surface area contributed by atoms with Crippen LogP contribution in [0.2, 0.25) is 0 Å². The standard InChI is InChI=1S/C12H16N2O3/c15-10-2-1-8(7-11(10)16)12(17)14-9-3-5-13-6-4-9/h1-2,7,9,13,15-16H,3-6H2,(H,14,17). The molecule has 1 amide bonds. The van der Waals surface area contributed by atoms with Gasteiger partial charge in [-0.1, -0.05) is 0 Å². The number of aromatic hydroxyl groups is 2. The molecule has 0 spiro atoms. The van der Waals surface area contributed by atoms with Crippen LogP contribution >= 0.6 is 0 Å². The Balaban J connectivity index is 2.01. The zero-order chi connectivity index (χ0) is 12.3. The summed E-state index contributed by atoms with van der Waals surface area (Å²) in [6.45, 7) is 1.82. The summed E-state index contributed by atoms with van der Waals surface area (Å²) < 4.78 is 0. The molecule has 1 heterocycles. The first-order chi connectivity index (χ1) is 8.16. The maximum atomic E-state index is 11.9. The van der Waals surface area contributed by atoms with Crippen LogP contribution in [0, 0.1) is 0 Å². The molecular weight excluding hydrogens is 220 g/mol. The quantitative estimate of drug-likeness (QED) is 0.566. The molecule has 2 rings (SSSR count). The smallest absolute Gasteiger partial charge is 0.251 e. The highest BCUT2D eigenvalue weighted by molar-refractivity contribution is 5.95. The zero-order valence-corrected chi connectivity index (χ0v) is 9.44. The van der Waals surface area contributed by atoms with E-state index in [4.69, 9.17) is 5.11 Å². The number of carbonyl (C=O) groups excluding carboxylic acids is 1. The molecule has 17 heavy (non-hydrogen) atoms. The molecule has 0 aromatic heterocycles. The predicted octanol–water partition coefficient (Wildman–Crippen LogP) is 0.580. The van der Waals surface area contributed by atoms with Crippen molar-refractivity contribution in [1.82, 2.24) is 10.6 Å². The molecule has 0 aliphatic carbocycles. The van der Waals surface area contributed by atoms with Gasteiger partial charge >= 0.3 is 0 Å². The molecule has 1 aromatic carbocycles. The molecule has 0 radical (unpaired) electrons. The average Bonchev–Trinajstić information content (AvgIpc) is 2.34. The summed E-state index contributed by atoms with van der Waals surface area (Å²) >= 11 is 0. The Hall–Kier alpha value is -1.75. The summed E-state index contributed by atoms with van der Waals surface area (Å²) in [5.41, 5.74) is 0.360. The van der Waals surface area contributed by atoms with Crippen LogP contribution in [0.5, 0.6) is 11.5 Å². The van der Waals surface area contributed by atoms with E-state index in [-0.39, 0.29) is 23.4 Å². The Morgan fingerprint density at radius 3 is 2.59 bits per heavy atom. The van der Waals surface area contributed by atoms with Gasteiger partial charge in [0.25, 0.3) is 5.91 Å². The number of phenols is 2. The normalized spacial score (nSPS) is 16.7. The van der Waals surface area contributed by atoms with E-state index in [1.54, 1.807) is 0 Å². The van der Waals surface area contributed by atoms with Crippen LogP contribution in [0.4, 0.5) is 0 Å². The molecule has 92 valence electrons.